The first-order chi connectivity index (χ1) is 9.61. The molecule has 0 saturated heterocycles. The molecule has 1 aromatic carbocycles. The number of pyridine rings is 1. The van der Waals surface area contributed by atoms with Crippen LogP contribution in [-0.4, -0.2) is 10.9 Å². The number of aryl methyl sites for hydroxylation is 1. The number of nitrogens with zero attached hydrogens (tertiary/aromatic N) is 1. The lowest BCUT2D eigenvalue weighted by Gasteiger charge is -2.09. The van der Waals surface area contributed by atoms with Crippen LogP contribution in [0.25, 0.3) is 0 Å². The van der Waals surface area contributed by atoms with Gasteiger partial charge in [0.25, 0.3) is 5.91 Å². The molecule has 5 heteroatoms. The molecule has 0 aliphatic heterocycles. The molecule has 0 bridgehead atoms. The van der Waals surface area contributed by atoms with E-state index in [9.17, 15) is 9.18 Å². The fraction of sp³-hybridized carbons (Fsp3) is 0.200. The van der Waals surface area contributed by atoms with Gasteiger partial charge in [-0.25, -0.2) is 4.39 Å². The third-order valence-corrected chi connectivity index (χ3v) is 3.45. The zero-order valence-corrected chi connectivity index (χ0v) is 12.6. The lowest BCUT2D eigenvalue weighted by molar-refractivity contribution is 0.0946. The third kappa shape index (κ3) is 3.42. The molecule has 1 aromatic heterocycles. The normalized spacial score (nSPS) is 10.3. The van der Waals surface area contributed by atoms with Gasteiger partial charge in [-0.3, -0.25) is 9.78 Å². The standard InChI is InChI=1S/C15H14BrFN2O/c1-2-10-4-3-7-18-14(10)9-19-15(20)12-8-11(16)5-6-13(12)17/h3-8H,2,9H2,1H3,(H,19,20). The molecule has 3 nitrogen and oxygen atoms in total. The average molecular weight is 337 g/mol. The van der Waals surface area contributed by atoms with Gasteiger partial charge in [-0.2, -0.15) is 0 Å². The molecular weight excluding hydrogens is 323 g/mol. The lowest BCUT2D eigenvalue weighted by Crippen LogP contribution is -2.25. The number of hydrogen-bond donors (Lipinski definition) is 1. The van der Waals surface area contributed by atoms with E-state index in [4.69, 9.17) is 0 Å². The van der Waals surface area contributed by atoms with Gasteiger partial charge in [0, 0.05) is 10.7 Å². The topological polar surface area (TPSA) is 42.0 Å². The predicted molar refractivity (Wildman–Crippen MR) is 78.9 cm³/mol. The van der Waals surface area contributed by atoms with Gasteiger partial charge >= 0.3 is 0 Å². The van der Waals surface area contributed by atoms with E-state index in [1.165, 1.54) is 12.1 Å². The SMILES string of the molecule is CCc1cccnc1CNC(=O)c1cc(Br)ccc1F. The Morgan fingerprint density at radius 3 is 2.95 bits per heavy atom. The lowest BCUT2D eigenvalue weighted by atomic mass is 10.1. The fourth-order valence-corrected chi connectivity index (χ4v) is 2.24. The van der Waals surface area contributed by atoms with Crippen molar-refractivity contribution in [2.75, 3.05) is 0 Å². The molecule has 20 heavy (non-hydrogen) atoms. The zero-order chi connectivity index (χ0) is 14.5. The van der Waals surface area contributed by atoms with Gasteiger partial charge in [-0.1, -0.05) is 28.9 Å². The predicted octanol–water partition coefficient (Wildman–Crippen LogP) is 3.48. The number of carbonyl (C=O) groups is 1. The Hall–Kier alpha value is -1.75. The molecule has 1 heterocycles. The molecular formula is C15H14BrFN2O. The zero-order valence-electron chi connectivity index (χ0n) is 11.0. The van der Waals surface area contributed by atoms with Crippen LogP contribution in [0.15, 0.2) is 41.0 Å². The monoisotopic (exact) mass is 336 g/mol. The number of benzene rings is 1. The van der Waals surface area contributed by atoms with E-state index in [-0.39, 0.29) is 12.1 Å². The van der Waals surface area contributed by atoms with Crippen LogP contribution in [0.1, 0.15) is 28.5 Å². The van der Waals surface area contributed by atoms with Crippen molar-refractivity contribution in [1.29, 1.82) is 0 Å². The van der Waals surface area contributed by atoms with Gasteiger partial charge in [0.15, 0.2) is 0 Å². The number of halogens is 2. The molecule has 0 saturated carbocycles. The highest BCUT2D eigenvalue weighted by Crippen LogP contribution is 2.15. The first-order valence-corrected chi connectivity index (χ1v) is 7.07. The highest BCUT2D eigenvalue weighted by Gasteiger charge is 2.12. The molecule has 1 amide bonds. The van der Waals surface area contributed by atoms with Crippen LogP contribution in [0, 0.1) is 5.82 Å². The van der Waals surface area contributed by atoms with Gasteiger partial charge in [0.05, 0.1) is 17.8 Å². The molecule has 2 aromatic rings. The second-order valence-corrected chi connectivity index (χ2v) is 5.19. The highest BCUT2D eigenvalue weighted by atomic mass is 79.9. The second-order valence-electron chi connectivity index (χ2n) is 4.27. The van der Waals surface area contributed by atoms with Crippen LogP contribution in [-0.2, 0) is 13.0 Å². The van der Waals surface area contributed by atoms with Crippen LogP contribution < -0.4 is 5.32 Å². The van der Waals surface area contributed by atoms with Crippen molar-refractivity contribution in [2.45, 2.75) is 19.9 Å². The van der Waals surface area contributed by atoms with E-state index >= 15 is 0 Å². The van der Waals surface area contributed by atoms with Crippen molar-refractivity contribution >= 4 is 21.8 Å². The maximum Gasteiger partial charge on any atom is 0.254 e. The van der Waals surface area contributed by atoms with E-state index in [1.54, 1.807) is 12.3 Å². The molecule has 0 unspecified atom stereocenters. The first-order valence-electron chi connectivity index (χ1n) is 6.28. The van der Waals surface area contributed by atoms with Gasteiger partial charge < -0.3 is 5.32 Å². The Labute approximate surface area is 125 Å². The number of carbonyl (C=O) groups excluding carboxylic acids is 1. The first kappa shape index (κ1) is 14.7. The number of rotatable bonds is 4. The maximum atomic E-state index is 13.6. The van der Waals surface area contributed by atoms with Crippen LogP contribution in [0.2, 0.25) is 0 Å². The number of amides is 1. The second kappa shape index (κ2) is 6.61. The summed E-state index contributed by atoms with van der Waals surface area (Å²) < 4.78 is 14.3. The van der Waals surface area contributed by atoms with Crippen molar-refractivity contribution in [3.8, 4) is 0 Å². The Kier molecular flexibility index (Phi) is 4.84. The fourth-order valence-electron chi connectivity index (χ4n) is 1.88. The van der Waals surface area contributed by atoms with Crippen molar-refractivity contribution in [3.63, 3.8) is 0 Å². The Balaban J connectivity index is 2.11. The van der Waals surface area contributed by atoms with Crippen molar-refractivity contribution in [3.05, 3.63) is 63.6 Å². The summed E-state index contributed by atoms with van der Waals surface area (Å²) >= 11 is 3.22. The van der Waals surface area contributed by atoms with E-state index in [0.717, 1.165) is 17.7 Å². The molecule has 104 valence electrons. The quantitative estimate of drug-likeness (QED) is 0.928. The van der Waals surface area contributed by atoms with Gasteiger partial charge in [-0.15, -0.1) is 0 Å². The Bertz CT molecular complexity index is 631. The summed E-state index contributed by atoms with van der Waals surface area (Å²) in [6, 6.07) is 8.10. The Morgan fingerprint density at radius 1 is 1.40 bits per heavy atom. The van der Waals surface area contributed by atoms with Crippen LogP contribution in [0.3, 0.4) is 0 Å². The smallest absolute Gasteiger partial charge is 0.254 e. The van der Waals surface area contributed by atoms with Crippen LogP contribution in [0.5, 0.6) is 0 Å². The number of aromatic nitrogens is 1. The Morgan fingerprint density at radius 2 is 2.20 bits per heavy atom. The van der Waals surface area contributed by atoms with E-state index in [0.29, 0.717) is 4.47 Å². The minimum atomic E-state index is -0.539. The van der Waals surface area contributed by atoms with Crippen molar-refractivity contribution in [2.24, 2.45) is 0 Å². The summed E-state index contributed by atoms with van der Waals surface area (Å²) in [5.74, 6) is -0.987. The van der Waals surface area contributed by atoms with Crippen molar-refractivity contribution < 1.29 is 9.18 Å². The van der Waals surface area contributed by atoms with E-state index in [1.807, 2.05) is 19.1 Å². The molecule has 2 rings (SSSR count). The van der Waals surface area contributed by atoms with E-state index in [2.05, 4.69) is 26.2 Å². The summed E-state index contributed by atoms with van der Waals surface area (Å²) in [6.45, 7) is 2.31. The third-order valence-electron chi connectivity index (χ3n) is 2.95. The van der Waals surface area contributed by atoms with Crippen LogP contribution in [0.4, 0.5) is 4.39 Å². The number of hydrogen-bond acceptors (Lipinski definition) is 2. The molecule has 0 aliphatic rings. The van der Waals surface area contributed by atoms with Crippen molar-refractivity contribution in [1.82, 2.24) is 10.3 Å². The largest absolute Gasteiger partial charge is 0.346 e. The molecule has 0 spiro atoms. The molecule has 0 aliphatic carbocycles. The summed E-state index contributed by atoms with van der Waals surface area (Å²) in [6.07, 6.45) is 2.52. The summed E-state index contributed by atoms with van der Waals surface area (Å²) in [5, 5.41) is 2.70. The molecule has 1 N–H and O–H groups in total. The average Bonchev–Trinajstić information content (AvgIpc) is 2.47. The van der Waals surface area contributed by atoms with Crippen LogP contribution >= 0.6 is 15.9 Å². The number of nitrogens with one attached hydrogen (secondary N) is 1. The van der Waals surface area contributed by atoms with Gasteiger partial charge in [0.2, 0.25) is 0 Å². The summed E-state index contributed by atoms with van der Waals surface area (Å²) in [5.41, 5.74) is 1.90. The molecule has 0 radical (unpaired) electrons. The molecule has 0 fully saturated rings. The minimum Gasteiger partial charge on any atom is -0.346 e. The molecule has 0 atom stereocenters. The van der Waals surface area contributed by atoms with E-state index < -0.39 is 11.7 Å². The minimum absolute atomic E-state index is 0.0216. The summed E-state index contributed by atoms with van der Waals surface area (Å²) in [4.78, 5) is 16.2. The summed E-state index contributed by atoms with van der Waals surface area (Å²) in [7, 11) is 0. The van der Waals surface area contributed by atoms with Gasteiger partial charge in [-0.05, 0) is 36.2 Å². The van der Waals surface area contributed by atoms with Gasteiger partial charge in [0.1, 0.15) is 5.82 Å². The highest BCUT2D eigenvalue weighted by molar-refractivity contribution is 9.10. The maximum absolute atomic E-state index is 13.6.